The molecule has 2 amide bonds. The maximum Gasteiger partial charge on any atom is 0.416 e. The number of carbonyl (C=O) groups excluding carboxylic acids is 3. The Morgan fingerprint density at radius 1 is 1.19 bits per heavy atom. The summed E-state index contributed by atoms with van der Waals surface area (Å²) in [5.74, 6) is -2.53. The van der Waals surface area contributed by atoms with E-state index in [1.807, 2.05) is 0 Å². The van der Waals surface area contributed by atoms with Gasteiger partial charge >= 0.3 is 12.1 Å². The summed E-state index contributed by atoms with van der Waals surface area (Å²) in [4.78, 5) is 35.1. The predicted octanol–water partition coefficient (Wildman–Crippen LogP) is 1.81. The van der Waals surface area contributed by atoms with Crippen LogP contribution in [-0.2, 0) is 31.7 Å². The summed E-state index contributed by atoms with van der Waals surface area (Å²) in [5, 5.41) is 2.41. The van der Waals surface area contributed by atoms with E-state index in [0.29, 0.717) is 5.56 Å². The van der Waals surface area contributed by atoms with E-state index < -0.39 is 41.5 Å². The molecule has 0 radical (unpaired) electrons. The number of benzene rings is 1. The standard InChI is InChI=1S/C17H21F3N2O4/c1-3-26-14(24)8-10(2)15(16(21)25)22-13(23)9-11-4-6-12(7-5-11)17(18,19)20/h4-7,10,15H,3,8-9H2,1-2H3,(H2,21,25)(H,22,23)/t10-,15+/m1/s1. The van der Waals surface area contributed by atoms with Gasteiger partial charge in [-0.3, -0.25) is 14.4 Å². The molecule has 9 heteroatoms. The maximum absolute atomic E-state index is 12.5. The molecule has 26 heavy (non-hydrogen) atoms. The van der Waals surface area contributed by atoms with Crippen LogP contribution in [0.2, 0.25) is 0 Å². The summed E-state index contributed by atoms with van der Waals surface area (Å²) in [7, 11) is 0. The van der Waals surface area contributed by atoms with Crippen LogP contribution >= 0.6 is 0 Å². The molecular formula is C17H21F3N2O4. The van der Waals surface area contributed by atoms with Crippen molar-refractivity contribution in [3.8, 4) is 0 Å². The number of alkyl halides is 3. The first kappa shape index (κ1) is 21.5. The van der Waals surface area contributed by atoms with Crippen molar-refractivity contribution < 1.29 is 32.3 Å². The molecule has 144 valence electrons. The van der Waals surface area contributed by atoms with Gasteiger partial charge in [-0.1, -0.05) is 19.1 Å². The summed E-state index contributed by atoms with van der Waals surface area (Å²) in [6.07, 6.45) is -4.80. The average molecular weight is 374 g/mol. The molecule has 1 aromatic rings. The Hall–Kier alpha value is -2.58. The van der Waals surface area contributed by atoms with Crippen molar-refractivity contribution in [3.05, 3.63) is 35.4 Å². The second kappa shape index (κ2) is 9.21. The van der Waals surface area contributed by atoms with E-state index in [1.54, 1.807) is 13.8 Å². The van der Waals surface area contributed by atoms with E-state index in [9.17, 15) is 27.6 Å². The lowest BCUT2D eigenvalue weighted by atomic mass is 9.97. The highest BCUT2D eigenvalue weighted by molar-refractivity contribution is 5.88. The summed E-state index contributed by atoms with van der Waals surface area (Å²) in [6.45, 7) is 3.39. The number of nitrogens with one attached hydrogen (secondary N) is 1. The zero-order valence-corrected chi connectivity index (χ0v) is 14.4. The highest BCUT2D eigenvalue weighted by atomic mass is 19.4. The van der Waals surface area contributed by atoms with Gasteiger partial charge in [0.1, 0.15) is 6.04 Å². The molecule has 0 heterocycles. The van der Waals surface area contributed by atoms with Gasteiger partial charge in [0, 0.05) is 0 Å². The third-order valence-electron chi connectivity index (χ3n) is 3.63. The fourth-order valence-corrected chi connectivity index (χ4v) is 2.32. The molecule has 0 aliphatic carbocycles. The fraction of sp³-hybridized carbons (Fsp3) is 0.471. The molecule has 0 spiro atoms. The Labute approximate surface area is 148 Å². The molecular weight excluding hydrogens is 353 g/mol. The van der Waals surface area contributed by atoms with Gasteiger partial charge in [0.15, 0.2) is 0 Å². The van der Waals surface area contributed by atoms with Crippen molar-refractivity contribution in [2.75, 3.05) is 6.61 Å². The molecule has 0 aliphatic heterocycles. The van der Waals surface area contributed by atoms with Crippen molar-refractivity contribution in [3.63, 3.8) is 0 Å². The predicted molar refractivity (Wildman–Crippen MR) is 86.7 cm³/mol. The van der Waals surface area contributed by atoms with E-state index in [4.69, 9.17) is 10.5 Å². The zero-order valence-electron chi connectivity index (χ0n) is 14.4. The summed E-state index contributed by atoms with van der Waals surface area (Å²) in [5.41, 5.74) is 4.79. The molecule has 0 unspecified atom stereocenters. The van der Waals surface area contributed by atoms with Crippen LogP contribution in [0.4, 0.5) is 13.2 Å². The number of hydrogen-bond acceptors (Lipinski definition) is 4. The molecule has 3 N–H and O–H groups in total. The minimum Gasteiger partial charge on any atom is -0.466 e. The highest BCUT2D eigenvalue weighted by Gasteiger charge is 2.30. The topological polar surface area (TPSA) is 98.5 Å². The number of hydrogen-bond donors (Lipinski definition) is 2. The molecule has 0 saturated heterocycles. The van der Waals surface area contributed by atoms with Gasteiger partial charge in [-0.2, -0.15) is 13.2 Å². The van der Waals surface area contributed by atoms with Gasteiger partial charge in [-0.15, -0.1) is 0 Å². The Bertz CT molecular complexity index is 644. The Morgan fingerprint density at radius 3 is 2.23 bits per heavy atom. The second-order valence-electron chi connectivity index (χ2n) is 5.81. The third-order valence-corrected chi connectivity index (χ3v) is 3.63. The smallest absolute Gasteiger partial charge is 0.416 e. The molecule has 1 aromatic carbocycles. The number of primary amides is 1. The first-order chi connectivity index (χ1) is 12.0. The first-order valence-electron chi connectivity index (χ1n) is 7.95. The van der Waals surface area contributed by atoms with Crippen LogP contribution < -0.4 is 11.1 Å². The number of nitrogens with two attached hydrogens (primary N) is 1. The summed E-state index contributed by atoms with van der Waals surface area (Å²) < 4.78 is 42.4. The van der Waals surface area contributed by atoms with Crippen LogP contribution in [0.3, 0.4) is 0 Å². The Kier molecular flexibility index (Phi) is 7.60. The van der Waals surface area contributed by atoms with E-state index in [1.165, 1.54) is 12.1 Å². The van der Waals surface area contributed by atoms with Crippen LogP contribution in [0.5, 0.6) is 0 Å². The number of rotatable bonds is 8. The Balaban J connectivity index is 2.70. The molecule has 0 fully saturated rings. The number of halogens is 3. The quantitative estimate of drug-likeness (QED) is 0.678. The molecule has 0 aliphatic rings. The van der Waals surface area contributed by atoms with Gasteiger partial charge < -0.3 is 15.8 Å². The molecule has 2 atom stereocenters. The van der Waals surface area contributed by atoms with Crippen LogP contribution in [0.15, 0.2) is 24.3 Å². The van der Waals surface area contributed by atoms with E-state index in [2.05, 4.69) is 5.32 Å². The van der Waals surface area contributed by atoms with Crippen LogP contribution in [0.1, 0.15) is 31.4 Å². The Morgan fingerprint density at radius 2 is 1.77 bits per heavy atom. The van der Waals surface area contributed by atoms with Crippen LogP contribution in [0, 0.1) is 5.92 Å². The zero-order chi connectivity index (χ0) is 19.9. The number of esters is 1. The van der Waals surface area contributed by atoms with Crippen LogP contribution in [0.25, 0.3) is 0 Å². The maximum atomic E-state index is 12.5. The van der Waals surface area contributed by atoms with Crippen molar-refractivity contribution in [1.29, 1.82) is 0 Å². The van der Waals surface area contributed by atoms with Crippen molar-refractivity contribution in [2.24, 2.45) is 11.7 Å². The lowest BCUT2D eigenvalue weighted by molar-refractivity contribution is -0.145. The molecule has 6 nitrogen and oxygen atoms in total. The molecule has 1 rings (SSSR count). The lowest BCUT2D eigenvalue weighted by Crippen LogP contribution is -2.49. The average Bonchev–Trinajstić information content (AvgIpc) is 2.52. The van der Waals surface area contributed by atoms with Gasteiger partial charge in [0.25, 0.3) is 0 Å². The normalized spacial score (nSPS) is 13.6. The largest absolute Gasteiger partial charge is 0.466 e. The third kappa shape index (κ3) is 6.73. The van der Waals surface area contributed by atoms with Gasteiger partial charge in [0.05, 0.1) is 25.0 Å². The monoisotopic (exact) mass is 374 g/mol. The minimum absolute atomic E-state index is 0.109. The summed E-state index contributed by atoms with van der Waals surface area (Å²) in [6, 6.07) is 3.02. The van der Waals surface area contributed by atoms with E-state index in [0.717, 1.165) is 12.1 Å². The lowest BCUT2D eigenvalue weighted by Gasteiger charge is -2.21. The first-order valence-corrected chi connectivity index (χ1v) is 7.95. The highest BCUT2D eigenvalue weighted by Crippen LogP contribution is 2.29. The summed E-state index contributed by atoms with van der Waals surface area (Å²) >= 11 is 0. The fourth-order valence-electron chi connectivity index (χ4n) is 2.32. The van der Waals surface area contributed by atoms with E-state index in [-0.39, 0.29) is 19.4 Å². The van der Waals surface area contributed by atoms with Crippen LogP contribution in [-0.4, -0.2) is 30.4 Å². The van der Waals surface area contributed by atoms with E-state index >= 15 is 0 Å². The van der Waals surface area contributed by atoms with Crippen molar-refractivity contribution >= 4 is 17.8 Å². The SMILES string of the molecule is CCOC(=O)C[C@@H](C)[C@H](NC(=O)Cc1ccc(C(F)(F)F)cc1)C(N)=O. The minimum atomic E-state index is -4.46. The number of amides is 2. The van der Waals surface area contributed by atoms with Gasteiger partial charge in [-0.25, -0.2) is 0 Å². The second-order valence-corrected chi connectivity index (χ2v) is 5.81. The molecule has 0 bridgehead atoms. The van der Waals surface area contributed by atoms with Crippen molar-refractivity contribution in [2.45, 2.75) is 38.9 Å². The van der Waals surface area contributed by atoms with Gasteiger partial charge in [0.2, 0.25) is 11.8 Å². The van der Waals surface area contributed by atoms with Gasteiger partial charge in [-0.05, 0) is 30.5 Å². The molecule has 0 saturated carbocycles. The molecule has 0 aromatic heterocycles. The number of ether oxygens (including phenoxy) is 1. The van der Waals surface area contributed by atoms with Crippen molar-refractivity contribution in [1.82, 2.24) is 5.32 Å². The number of carbonyl (C=O) groups is 3.